The molecule has 1 saturated carbocycles. The van der Waals surface area contributed by atoms with Crippen molar-refractivity contribution in [2.24, 2.45) is 0 Å². The van der Waals surface area contributed by atoms with E-state index < -0.39 is 11.6 Å². The highest BCUT2D eigenvalue weighted by molar-refractivity contribution is 9.10. The number of imidazole rings is 1. The zero-order chi connectivity index (χ0) is 13.6. The second-order valence-corrected chi connectivity index (χ2v) is 5.57. The second kappa shape index (κ2) is 4.59. The lowest BCUT2D eigenvalue weighted by molar-refractivity contribution is 0.597. The molecule has 3 nitrogen and oxygen atoms in total. The molecule has 1 fully saturated rings. The van der Waals surface area contributed by atoms with Gasteiger partial charge in [-0.2, -0.15) is 0 Å². The highest BCUT2D eigenvalue weighted by Crippen LogP contribution is 2.38. The van der Waals surface area contributed by atoms with Crippen LogP contribution in [0, 0.1) is 18.6 Å². The summed E-state index contributed by atoms with van der Waals surface area (Å²) in [4.78, 5) is 4.31. The number of rotatable bonds is 3. The Morgan fingerprint density at radius 1 is 1.32 bits per heavy atom. The van der Waals surface area contributed by atoms with E-state index in [4.69, 9.17) is 0 Å². The number of nitrogens with zero attached hydrogens (tertiary/aromatic N) is 2. The molecular weight excluding hydrogens is 316 g/mol. The fraction of sp³-hybridized carbons (Fsp3) is 0.308. The van der Waals surface area contributed by atoms with E-state index in [0.717, 1.165) is 30.7 Å². The second-order valence-electron chi connectivity index (χ2n) is 4.72. The first-order chi connectivity index (χ1) is 9.04. The first-order valence-corrected chi connectivity index (χ1v) is 6.81. The highest BCUT2D eigenvalue weighted by atomic mass is 79.9. The number of hydrogen-bond donors (Lipinski definition) is 1. The van der Waals surface area contributed by atoms with Crippen LogP contribution in [0.15, 0.2) is 22.8 Å². The van der Waals surface area contributed by atoms with E-state index in [1.165, 1.54) is 0 Å². The molecule has 3 rings (SSSR count). The molecule has 0 amide bonds. The van der Waals surface area contributed by atoms with Crippen molar-refractivity contribution in [3.05, 3.63) is 40.1 Å². The summed E-state index contributed by atoms with van der Waals surface area (Å²) in [6, 6.07) is 2.65. The predicted octanol–water partition coefficient (Wildman–Crippen LogP) is 4.31. The minimum Gasteiger partial charge on any atom is -0.323 e. The molecule has 0 saturated heterocycles. The van der Waals surface area contributed by atoms with Crippen molar-refractivity contribution in [2.75, 3.05) is 5.32 Å². The van der Waals surface area contributed by atoms with Crippen LogP contribution in [0.25, 0.3) is 0 Å². The SMILES string of the molecule is Cc1cn(C2CC2)c(Nc2cc(F)c(Br)cc2F)n1. The quantitative estimate of drug-likeness (QED) is 0.851. The summed E-state index contributed by atoms with van der Waals surface area (Å²) in [5.74, 6) is -0.470. The zero-order valence-corrected chi connectivity index (χ0v) is 11.8. The van der Waals surface area contributed by atoms with Crippen LogP contribution >= 0.6 is 15.9 Å². The predicted molar refractivity (Wildman–Crippen MR) is 72.6 cm³/mol. The molecule has 6 heteroatoms. The van der Waals surface area contributed by atoms with Gasteiger partial charge in [0.1, 0.15) is 11.6 Å². The molecule has 0 unspecified atom stereocenters. The first-order valence-electron chi connectivity index (χ1n) is 6.01. The standard InChI is InChI=1S/C13H12BrF2N3/c1-7-6-19(8-2-3-8)13(17-7)18-12-5-10(15)9(14)4-11(12)16/h4-6,8H,2-3H2,1H3,(H,17,18). The average molecular weight is 328 g/mol. The maximum absolute atomic E-state index is 13.8. The lowest BCUT2D eigenvalue weighted by Crippen LogP contribution is -2.03. The maximum atomic E-state index is 13.8. The van der Waals surface area contributed by atoms with Crippen molar-refractivity contribution in [1.82, 2.24) is 9.55 Å². The molecule has 1 heterocycles. The van der Waals surface area contributed by atoms with Crippen molar-refractivity contribution in [1.29, 1.82) is 0 Å². The van der Waals surface area contributed by atoms with Gasteiger partial charge in [0, 0.05) is 18.3 Å². The normalized spacial score (nSPS) is 14.7. The summed E-state index contributed by atoms with van der Waals surface area (Å²) >= 11 is 2.95. The summed E-state index contributed by atoms with van der Waals surface area (Å²) in [6.45, 7) is 1.88. The van der Waals surface area contributed by atoms with Gasteiger partial charge in [-0.25, -0.2) is 13.8 Å². The molecular formula is C13H12BrF2N3. The largest absolute Gasteiger partial charge is 0.323 e. The molecule has 0 radical (unpaired) electrons. The van der Waals surface area contributed by atoms with Crippen LogP contribution in [-0.4, -0.2) is 9.55 Å². The van der Waals surface area contributed by atoms with E-state index in [-0.39, 0.29) is 10.2 Å². The summed E-state index contributed by atoms with van der Waals surface area (Å²) in [7, 11) is 0. The van der Waals surface area contributed by atoms with Gasteiger partial charge in [-0.05, 0) is 41.8 Å². The van der Waals surface area contributed by atoms with Crippen molar-refractivity contribution >= 4 is 27.6 Å². The molecule has 0 bridgehead atoms. The number of hydrogen-bond acceptors (Lipinski definition) is 2. The Hall–Kier alpha value is -1.43. The number of anilines is 2. The molecule has 1 aromatic carbocycles. The fourth-order valence-electron chi connectivity index (χ4n) is 1.98. The van der Waals surface area contributed by atoms with Gasteiger partial charge in [-0.1, -0.05) is 0 Å². The van der Waals surface area contributed by atoms with Crippen LogP contribution in [0.5, 0.6) is 0 Å². The average Bonchev–Trinajstić information content (AvgIpc) is 3.11. The minimum absolute atomic E-state index is 0.0909. The first kappa shape index (κ1) is 12.6. The van der Waals surface area contributed by atoms with Gasteiger partial charge in [0.15, 0.2) is 0 Å². The third kappa shape index (κ3) is 2.49. The van der Waals surface area contributed by atoms with Crippen molar-refractivity contribution in [3.63, 3.8) is 0 Å². The molecule has 2 aromatic rings. The third-order valence-electron chi connectivity index (χ3n) is 3.05. The monoisotopic (exact) mass is 327 g/mol. The number of aryl methyl sites for hydroxylation is 1. The van der Waals surface area contributed by atoms with Gasteiger partial charge in [0.25, 0.3) is 0 Å². The molecule has 0 aliphatic heterocycles. The van der Waals surface area contributed by atoms with Crippen LogP contribution in [0.3, 0.4) is 0 Å². The van der Waals surface area contributed by atoms with E-state index >= 15 is 0 Å². The van der Waals surface area contributed by atoms with Crippen LogP contribution in [-0.2, 0) is 0 Å². The smallest absolute Gasteiger partial charge is 0.207 e. The topological polar surface area (TPSA) is 29.9 Å². The van der Waals surface area contributed by atoms with E-state index in [1.807, 2.05) is 17.7 Å². The Balaban J connectivity index is 1.95. The molecule has 1 N–H and O–H groups in total. The highest BCUT2D eigenvalue weighted by Gasteiger charge is 2.26. The Morgan fingerprint density at radius 2 is 2.05 bits per heavy atom. The van der Waals surface area contributed by atoms with E-state index in [0.29, 0.717) is 12.0 Å². The molecule has 100 valence electrons. The van der Waals surface area contributed by atoms with Crippen molar-refractivity contribution < 1.29 is 8.78 Å². The molecule has 0 spiro atoms. The number of nitrogens with one attached hydrogen (secondary N) is 1. The Bertz CT molecular complexity index is 635. The van der Waals surface area contributed by atoms with Crippen LogP contribution < -0.4 is 5.32 Å². The number of benzene rings is 1. The van der Waals surface area contributed by atoms with Gasteiger partial charge in [0.05, 0.1) is 15.9 Å². The van der Waals surface area contributed by atoms with Gasteiger partial charge in [-0.15, -0.1) is 0 Å². The van der Waals surface area contributed by atoms with E-state index in [1.54, 1.807) is 0 Å². The van der Waals surface area contributed by atoms with Crippen LogP contribution in [0.1, 0.15) is 24.6 Å². The third-order valence-corrected chi connectivity index (χ3v) is 3.66. The van der Waals surface area contributed by atoms with Gasteiger partial charge in [0.2, 0.25) is 5.95 Å². The number of aromatic nitrogens is 2. The van der Waals surface area contributed by atoms with Gasteiger partial charge >= 0.3 is 0 Å². The van der Waals surface area contributed by atoms with Gasteiger partial charge in [-0.3, -0.25) is 0 Å². The Labute approximate surface area is 117 Å². The Kier molecular flexibility index (Phi) is 3.05. The van der Waals surface area contributed by atoms with E-state index in [9.17, 15) is 8.78 Å². The summed E-state index contributed by atoms with van der Waals surface area (Å²) in [5, 5.41) is 2.87. The summed E-state index contributed by atoms with van der Waals surface area (Å²) in [6.07, 6.45) is 4.12. The molecule has 19 heavy (non-hydrogen) atoms. The molecule has 1 aliphatic rings. The maximum Gasteiger partial charge on any atom is 0.207 e. The lowest BCUT2D eigenvalue weighted by atomic mass is 10.3. The Morgan fingerprint density at radius 3 is 2.74 bits per heavy atom. The summed E-state index contributed by atoms with van der Waals surface area (Å²) in [5.41, 5.74) is 0.945. The molecule has 1 aliphatic carbocycles. The minimum atomic E-state index is -0.517. The van der Waals surface area contributed by atoms with Gasteiger partial charge < -0.3 is 9.88 Å². The fourth-order valence-corrected chi connectivity index (χ4v) is 2.29. The summed E-state index contributed by atoms with van der Waals surface area (Å²) < 4.78 is 29.3. The van der Waals surface area contributed by atoms with Crippen molar-refractivity contribution in [3.8, 4) is 0 Å². The lowest BCUT2D eigenvalue weighted by Gasteiger charge is -2.10. The molecule has 1 aromatic heterocycles. The van der Waals surface area contributed by atoms with Crippen molar-refractivity contribution in [2.45, 2.75) is 25.8 Å². The molecule has 0 atom stereocenters. The van der Waals surface area contributed by atoms with Crippen LogP contribution in [0.2, 0.25) is 0 Å². The number of halogens is 3. The van der Waals surface area contributed by atoms with Crippen LogP contribution in [0.4, 0.5) is 20.4 Å². The zero-order valence-electron chi connectivity index (χ0n) is 10.3. The van der Waals surface area contributed by atoms with E-state index in [2.05, 4.69) is 26.2 Å².